The Morgan fingerprint density at radius 2 is 2.07 bits per heavy atom. The van der Waals surface area contributed by atoms with Crippen molar-refractivity contribution in [3.05, 3.63) is 6.07 Å². The lowest BCUT2D eigenvalue weighted by molar-refractivity contribution is 0.905. The second kappa shape index (κ2) is 4.26. The fraction of sp³-hybridized carbons (Fsp3) is 0.600. The van der Waals surface area contributed by atoms with Crippen LogP contribution < -0.4 is 10.6 Å². The van der Waals surface area contributed by atoms with Gasteiger partial charge in [-0.25, -0.2) is 9.97 Å². The van der Waals surface area contributed by atoms with Gasteiger partial charge in [-0.15, -0.1) is 0 Å². The monoisotopic (exact) mass is 224 g/mol. The summed E-state index contributed by atoms with van der Waals surface area (Å²) in [6.07, 6.45) is 3.23. The highest BCUT2D eigenvalue weighted by atomic mass is 32.2. The number of rotatable bonds is 4. The molecule has 0 spiro atoms. The van der Waals surface area contributed by atoms with Crippen LogP contribution >= 0.6 is 11.8 Å². The summed E-state index contributed by atoms with van der Waals surface area (Å²) >= 11 is 1.56. The maximum atomic E-state index is 4.42. The van der Waals surface area contributed by atoms with Crippen LogP contribution in [0.3, 0.4) is 0 Å². The molecule has 1 aromatic heterocycles. The van der Waals surface area contributed by atoms with Crippen LogP contribution in [-0.2, 0) is 0 Å². The molecular formula is C10H16N4S. The third-order valence-electron chi connectivity index (χ3n) is 2.59. The van der Waals surface area contributed by atoms with Crippen LogP contribution in [0.15, 0.2) is 11.2 Å². The molecule has 0 radical (unpaired) electrons. The lowest BCUT2D eigenvalue weighted by atomic mass is 10.4. The molecule has 1 aromatic rings. The molecule has 2 atom stereocenters. The van der Waals surface area contributed by atoms with Crippen LogP contribution in [0.5, 0.6) is 0 Å². The summed E-state index contributed by atoms with van der Waals surface area (Å²) in [5.74, 6) is 2.56. The second-order valence-electron chi connectivity index (χ2n) is 3.84. The van der Waals surface area contributed by atoms with Crippen molar-refractivity contribution in [2.24, 2.45) is 5.92 Å². The molecule has 1 saturated carbocycles. The second-order valence-corrected chi connectivity index (χ2v) is 4.61. The standard InChI is InChI=1S/C10H16N4S/c1-6-4-7(6)12-9-5-8(11-2)13-10(14-9)15-3/h5-7H,4H2,1-3H3,(H2,11,12,13,14). The van der Waals surface area contributed by atoms with Crippen LogP contribution in [-0.4, -0.2) is 29.3 Å². The molecule has 82 valence electrons. The summed E-state index contributed by atoms with van der Waals surface area (Å²) in [6.45, 7) is 2.24. The molecule has 1 aliphatic rings. The van der Waals surface area contributed by atoms with Gasteiger partial charge < -0.3 is 10.6 Å². The minimum atomic E-state index is 0.597. The first kappa shape index (κ1) is 10.5. The van der Waals surface area contributed by atoms with Gasteiger partial charge in [0.15, 0.2) is 5.16 Å². The third-order valence-corrected chi connectivity index (χ3v) is 3.13. The van der Waals surface area contributed by atoms with Gasteiger partial charge in [0, 0.05) is 19.2 Å². The highest BCUT2D eigenvalue weighted by Crippen LogP contribution is 2.32. The largest absolute Gasteiger partial charge is 0.373 e. The maximum absolute atomic E-state index is 4.42. The molecule has 1 aliphatic carbocycles. The molecule has 1 heterocycles. The highest BCUT2D eigenvalue weighted by Gasteiger charge is 2.32. The van der Waals surface area contributed by atoms with E-state index in [4.69, 9.17) is 0 Å². The van der Waals surface area contributed by atoms with Gasteiger partial charge in [-0.05, 0) is 18.6 Å². The molecule has 0 amide bonds. The third kappa shape index (κ3) is 2.53. The highest BCUT2D eigenvalue weighted by molar-refractivity contribution is 7.98. The van der Waals surface area contributed by atoms with Crippen LogP contribution in [0, 0.1) is 5.92 Å². The molecular weight excluding hydrogens is 208 g/mol. The summed E-state index contributed by atoms with van der Waals surface area (Å²) < 4.78 is 0. The first-order chi connectivity index (χ1) is 7.22. The number of thioether (sulfide) groups is 1. The van der Waals surface area contributed by atoms with E-state index < -0.39 is 0 Å². The van der Waals surface area contributed by atoms with Gasteiger partial charge >= 0.3 is 0 Å². The van der Waals surface area contributed by atoms with Gasteiger partial charge in [0.1, 0.15) is 11.6 Å². The Morgan fingerprint density at radius 1 is 1.40 bits per heavy atom. The lowest BCUT2D eigenvalue weighted by Crippen LogP contribution is -2.07. The molecule has 4 nitrogen and oxygen atoms in total. The van der Waals surface area contributed by atoms with Crippen LogP contribution in [0.2, 0.25) is 0 Å². The molecule has 0 saturated heterocycles. The number of hydrogen-bond acceptors (Lipinski definition) is 5. The molecule has 1 fully saturated rings. The van der Waals surface area contributed by atoms with E-state index in [1.54, 1.807) is 11.8 Å². The van der Waals surface area contributed by atoms with E-state index in [1.807, 2.05) is 19.4 Å². The van der Waals surface area contributed by atoms with E-state index in [1.165, 1.54) is 6.42 Å². The van der Waals surface area contributed by atoms with Crippen molar-refractivity contribution in [2.45, 2.75) is 24.5 Å². The predicted molar refractivity (Wildman–Crippen MR) is 64.6 cm³/mol. The maximum Gasteiger partial charge on any atom is 0.191 e. The van der Waals surface area contributed by atoms with Gasteiger partial charge in [-0.3, -0.25) is 0 Å². The van der Waals surface area contributed by atoms with Gasteiger partial charge in [0.2, 0.25) is 0 Å². The minimum absolute atomic E-state index is 0.597. The number of hydrogen-bond donors (Lipinski definition) is 2. The molecule has 2 N–H and O–H groups in total. The zero-order valence-electron chi connectivity index (χ0n) is 9.24. The first-order valence-electron chi connectivity index (χ1n) is 5.10. The van der Waals surface area contributed by atoms with E-state index in [0.717, 1.165) is 22.7 Å². The van der Waals surface area contributed by atoms with Crippen LogP contribution in [0.4, 0.5) is 11.6 Å². The van der Waals surface area contributed by atoms with E-state index in [2.05, 4.69) is 27.5 Å². The normalized spacial score (nSPS) is 23.7. The zero-order valence-corrected chi connectivity index (χ0v) is 10.1. The number of nitrogens with zero attached hydrogens (tertiary/aromatic N) is 2. The van der Waals surface area contributed by atoms with E-state index in [-0.39, 0.29) is 0 Å². The smallest absolute Gasteiger partial charge is 0.191 e. The lowest BCUT2D eigenvalue weighted by Gasteiger charge is -2.07. The van der Waals surface area contributed by atoms with Crippen molar-refractivity contribution in [1.29, 1.82) is 0 Å². The van der Waals surface area contributed by atoms with Crippen molar-refractivity contribution in [2.75, 3.05) is 23.9 Å². The quantitative estimate of drug-likeness (QED) is 0.605. The Morgan fingerprint density at radius 3 is 2.60 bits per heavy atom. The topological polar surface area (TPSA) is 49.8 Å². The van der Waals surface area contributed by atoms with E-state index in [9.17, 15) is 0 Å². The SMILES string of the molecule is CNc1cc(NC2CC2C)nc(SC)n1. The van der Waals surface area contributed by atoms with Crippen LogP contribution in [0.1, 0.15) is 13.3 Å². The number of aromatic nitrogens is 2. The zero-order chi connectivity index (χ0) is 10.8. The molecule has 5 heteroatoms. The van der Waals surface area contributed by atoms with E-state index in [0.29, 0.717) is 6.04 Å². The first-order valence-corrected chi connectivity index (χ1v) is 6.32. The molecule has 0 aliphatic heterocycles. The summed E-state index contributed by atoms with van der Waals surface area (Å²) in [6, 6.07) is 2.55. The fourth-order valence-electron chi connectivity index (χ4n) is 1.43. The van der Waals surface area contributed by atoms with Crippen molar-refractivity contribution >= 4 is 23.4 Å². The van der Waals surface area contributed by atoms with Crippen molar-refractivity contribution in [3.63, 3.8) is 0 Å². The summed E-state index contributed by atoms with van der Waals surface area (Å²) in [4.78, 5) is 8.73. The molecule has 15 heavy (non-hydrogen) atoms. The van der Waals surface area contributed by atoms with Gasteiger partial charge in [-0.1, -0.05) is 18.7 Å². The average Bonchev–Trinajstić information content (AvgIpc) is 2.93. The Labute approximate surface area is 94.3 Å². The predicted octanol–water partition coefficient (Wildman–Crippen LogP) is 2.06. The molecule has 2 rings (SSSR count). The summed E-state index contributed by atoms with van der Waals surface area (Å²) in [5.41, 5.74) is 0. The fourth-order valence-corrected chi connectivity index (χ4v) is 1.81. The summed E-state index contributed by atoms with van der Waals surface area (Å²) in [7, 11) is 1.87. The molecule has 0 bridgehead atoms. The minimum Gasteiger partial charge on any atom is -0.373 e. The van der Waals surface area contributed by atoms with Crippen molar-refractivity contribution in [1.82, 2.24) is 9.97 Å². The molecule has 0 aromatic carbocycles. The van der Waals surface area contributed by atoms with Gasteiger partial charge in [0.25, 0.3) is 0 Å². The number of anilines is 2. The Balaban J connectivity index is 2.14. The van der Waals surface area contributed by atoms with Gasteiger partial charge in [0.05, 0.1) is 0 Å². The Kier molecular flexibility index (Phi) is 3.00. The Bertz CT molecular complexity index is 333. The summed E-state index contributed by atoms with van der Waals surface area (Å²) in [5, 5.41) is 7.26. The molecule has 2 unspecified atom stereocenters. The Hall–Kier alpha value is -0.970. The average molecular weight is 224 g/mol. The van der Waals surface area contributed by atoms with Crippen molar-refractivity contribution < 1.29 is 0 Å². The van der Waals surface area contributed by atoms with Crippen molar-refractivity contribution in [3.8, 4) is 0 Å². The van der Waals surface area contributed by atoms with Crippen LogP contribution in [0.25, 0.3) is 0 Å². The van der Waals surface area contributed by atoms with Gasteiger partial charge in [-0.2, -0.15) is 0 Å². The number of nitrogens with one attached hydrogen (secondary N) is 2. The van der Waals surface area contributed by atoms with E-state index >= 15 is 0 Å².